The van der Waals surface area contributed by atoms with Gasteiger partial charge in [0.25, 0.3) is 5.56 Å². The highest BCUT2D eigenvalue weighted by Crippen LogP contribution is 2.33. The van der Waals surface area contributed by atoms with Gasteiger partial charge in [-0.25, -0.2) is 14.0 Å². The molecule has 0 saturated carbocycles. The SMILES string of the molecule is COC(=O)c1cccc(CN2CCN(c3c(C)n(Cc4c(F)cccc4C(F)(F)F)c(=O)n(C[C@@H](N)c4ccccc4)c3=O)CC2)c1. The highest BCUT2D eigenvalue weighted by Gasteiger charge is 2.35. The number of hydrogen-bond donors (Lipinski definition) is 1. The Bertz CT molecular complexity index is 1870. The van der Waals surface area contributed by atoms with Crippen LogP contribution in [0.1, 0.15) is 44.3 Å². The van der Waals surface area contributed by atoms with E-state index in [0.29, 0.717) is 43.9 Å². The molecular formula is C34H35F4N5O4. The molecule has 0 radical (unpaired) electrons. The first-order valence-electron chi connectivity index (χ1n) is 15.0. The maximum absolute atomic E-state index is 15.0. The number of nitrogens with zero attached hydrogens (tertiary/aromatic N) is 4. The molecule has 13 heteroatoms. The number of carbonyl (C=O) groups is 1. The summed E-state index contributed by atoms with van der Waals surface area (Å²) in [6, 6.07) is 17.8. The molecule has 0 bridgehead atoms. The Morgan fingerprint density at radius 1 is 0.915 bits per heavy atom. The summed E-state index contributed by atoms with van der Waals surface area (Å²) in [5.74, 6) is -1.56. The van der Waals surface area contributed by atoms with Crippen LogP contribution in [0.4, 0.5) is 23.2 Å². The third-order valence-corrected chi connectivity index (χ3v) is 8.45. The van der Waals surface area contributed by atoms with Crippen molar-refractivity contribution in [3.63, 3.8) is 0 Å². The number of rotatable bonds is 9. The topological polar surface area (TPSA) is 103 Å². The van der Waals surface area contributed by atoms with Gasteiger partial charge in [-0.05, 0) is 42.3 Å². The first-order chi connectivity index (χ1) is 22.4. The Morgan fingerprint density at radius 3 is 2.26 bits per heavy atom. The van der Waals surface area contributed by atoms with Gasteiger partial charge in [0.2, 0.25) is 0 Å². The van der Waals surface area contributed by atoms with Gasteiger partial charge in [-0.1, -0.05) is 48.5 Å². The molecule has 2 N–H and O–H groups in total. The van der Waals surface area contributed by atoms with Crippen molar-refractivity contribution in [1.82, 2.24) is 14.0 Å². The molecule has 1 aromatic heterocycles. The van der Waals surface area contributed by atoms with Gasteiger partial charge in [-0.15, -0.1) is 0 Å². The zero-order valence-electron chi connectivity index (χ0n) is 26.0. The summed E-state index contributed by atoms with van der Waals surface area (Å²) in [4.78, 5) is 43.8. The molecule has 1 atom stereocenters. The smallest absolute Gasteiger partial charge is 0.416 e. The van der Waals surface area contributed by atoms with E-state index in [1.165, 1.54) is 14.0 Å². The van der Waals surface area contributed by atoms with Gasteiger partial charge in [0, 0.05) is 50.0 Å². The fourth-order valence-corrected chi connectivity index (χ4v) is 5.95. The zero-order chi connectivity index (χ0) is 33.9. The molecular weight excluding hydrogens is 618 g/mol. The molecule has 0 unspecified atom stereocenters. The van der Waals surface area contributed by atoms with Crippen LogP contribution in [0.5, 0.6) is 0 Å². The van der Waals surface area contributed by atoms with Crippen molar-refractivity contribution >= 4 is 11.7 Å². The van der Waals surface area contributed by atoms with E-state index in [-0.39, 0.29) is 17.9 Å². The number of carbonyl (C=O) groups excluding carboxylic acids is 1. The monoisotopic (exact) mass is 653 g/mol. The second kappa shape index (κ2) is 13.9. The number of benzene rings is 3. The second-order valence-electron chi connectivity index (χ2n) is 11.5. The zero-order valence-corrected chi connectivity index (χ0v) is 26.0. The van der Waals surface area contributed by atoms with E-state index in [2.05, 4.69) is 4.90 Å². The molecule has 1 fully saturated rings. The van der Waals surface area contributed by atoms with Gasteiger partial charge in [0.05, 0.1) is 31.3 Å². The standard InChI is InChI=1S/C34H35F4N5O4/c1-22-30(41-16-14-40(15-17-41)19-23-8-6-11-25(18-23)32(45)47-2)31(44)43(21-29(39)24-9-4-3-5-10-24)33(46)42(22)20-26-27(34(36,37)38)12-7-13-28(26)35/h3-13,18,29H,14-17,19-21,39H2,1-2H3/t29-/m1/s1. The largest absolute Gasteiger partial charge is 0.465 e. The Morgan fingerprint density at radius 2 is 1.60 bits per heavy atom. The van der Waals surface area contributed by atoms with Gasteiger partial charge in [0.15, 0.2) is 0 Å². The van der Waals surface area contributed by atoms with Crippen molar-refractivity contribution in [3.05, 3.63) is 133 Å². The van der Waals surface area contributed by atoms with Crippen LogP contribution in [-0.2, 0) is 30.5 Å². The fourth-order valence-electron chi connectivity index (χ4n) is 5.95. The van der Waals surface area contributed by atoms with E-state index < -0.39 is 52.9 Å². The molecule has 0 aliphatic carbocycles. The van der Waals surface area contributed by atoms with Crippen LogP contribution >= 0.6 is 0 Å². The molecule has 5 rings (SSSR count). The minimum atomic E-state index is -4.87. The van der Waals surface area contributed by atoms with E-state index in [4.69, 9.17) is 10.5 Å². The number of hydrogen-bond acceptors (Lipinski definition) is 7. The lowest BCUT2D eigenvalue weighted by Gasteiger charge is -2.37. The lowest BCUT2D eigenvalue weighted by atomic mass is 10.1. The summed E-state index contributed by atoms with van der Waals surface area (Å²) in [6.45, 7) is 2.78. The highest BCUT2D eigenvalue weighted by atomic mass is 19.4. The normalized spacial score (nSPS) is 14.7. The van der Waals surface area contributed by atoms with Crippen LogP contribution in [0.3, 0.4) is 0 Å². The van der Waals surface area contributed by atoms with Crippen molar-refractivity contribution in [2.45, 2.75) is 38.8 Å². The summed E-state index contributed by atoms with van der Waals surface area (Å²) in [7, 11) is 1.31. The van der Waals surface area contributed by atoms with Crippen LogP contribution in [0.25, 0.3) is 0 Å². The number of esters is 1. The Balaban J connectivity index is 1.50. The summed E-state index contributed by atoms with van der Waals surface area (Å²) >= 11 is 0. The van der Waals surface area contributed by atoms with E-state index in [0.717, 1.165) is 32.9 Å². The molecule has 2 heterocycles. The molecule has 1 saturated heterocycles. The van der Waals surface area contributed by atoms with Crippen molar-refractivity contribution < 1.29 is 27.1 Å². The lowest BCUT2D eigenvalue weighted by Crippen LogP contribution is -2.51. The first-order valence-corrected chi connectivity index (χ1v) is 15.0. The van der Waals surface area contributed by atoms with E-state index in [1.54, 1.807) is 53.4 Å². The highest BCUT2D eigenvalue weighted by molar-refractivity contribution is 5.89. The molecule has 3 aromatic carbocycles. The number of piperazine rings is 1. The molecule has 4 aromatic rings. The number of halogens is 4. The van der Waals surface area contributed by atoms with E-state index >= 15 is 0 Å². The van der Waals surface area contributed by atoms with E-state index in [1.807, 2.05) is 6.07 Å². The minimum absolute atomic E-state index is 0.125. The third kappa shape index (κ3) is 7.31. The Labute approximate surface area is 268 Å². The van der Waals surface area contributed by atoms with Crippen molar-refractivity contribution in [3.8, 4) is 0 Å². The number of methoxy groups -OCH3 is 1. The van der Waals surface area contributed by atoms with Gasteiger partial charge >= 0.3 is 17.8 Å². The quantitative estimate of drug-likeness (QED) is 0.212. The van der Waals surface area contributed by atoms with E-state index in [9.17, 15) is 31.9 Å². The van der Waals surface area contributed by atoms with Crippen LogP contribution in [0.15, 0.2) is 82.4 Å². The molecule has 47 heavy (non-hydrogen) atoms. The minimum Gasteiger partial charge on any atom is -0.465 e. The van der Waals surface area contributed by atoms with Crippen molar-refractivity contribution in [2.75, 3.05) is 38.2 Å². The summed E-state index contributed by atoms with van der Waals surface area (Å²) < 4.78 is 63.5. The summed E-state index contributed by atoms with van der Waals surface area (Å²) in [5, 5.41) is 0. The number of anilines is 1. The number of ether oxygens (including phenoxy) is 1. The molecule has 9 nitrogen and oxygen atoms in total. The average Bonchev–Trinajstić information content (AvgIpc) is 3.06. The molecule has 1 aliphatic heterocycles. The number of nitrogens with two attached hydrogens (primary N) is 1. The second-order valence-corrected chi connectivity index (χ2v) is 11.5. The number of aromatic nitrogens is 2. The van der Waals surface area contributed by atoms with Crippen molar-refractivity contribution in [2.24, 2.45) is 5.73 Å². The van der Waals surface area contributed by atoms with Gasteiger partial charge in [-0.3, -0.25) is 18.8 Å². The molecule has 1 aliphatic rings. The average molecular weight is 654 g/mol. The molecule has 0 amide bonds. The van der Waals surface area contributed by atoms with Crippen LogP contribution < -0.4 is 21.9 Å². The van der Waals surface area contributed by atoms with Crippen LogP contribution in [0.2, 0.25) is 0 Å². The van der Waals surface area contributed by atoms with Crippen LogP contribution in [-0.4, -0.2) is 53.3 Å². The van der Waals surface area contributed by atoms with Crippen LogP contribution in [0, 0.1) is 12.7 Å². The molecule has 248 valence electrons. The Hall–Kier alpha value is -4.75. The van der Waals surface area contributed by atoms with Crippen molar-refractivity contribution in [1.29, 1.82) is 0 Å². The predicted molar refractivity (Wildman–Crippen MR) is 169 cm³/mol. The molecule has 0 spiro atoms. The van der Waals surface area contributed by atoms with Gasteiger partial charge in [-0.2, -0.15) is 13.2 Å². The summed E-state index contributed by atoms with van der Waals surface area (Å²) in [5.41, 5.74) is 5.24. The number of alkyl halides is 3. The van der Waals surface area contributed by atoms with Gasteiger partial charge < -0.3 is 15.4 Å². The predicted octanol–water partition coefficient (Wildman–Crippen LogP) is 4.33. The third-order valence-electron chi connectivity index (χ3n) is 8.45. The first kappa shape index (κ1) is 33.6. The summed E-state index contributed by atoms with van der Waals surface area (Å²) in [6.07, 6.45) is -4.87. The maximum atomic E-state index is 15.0. The maximum Gasteiger partial charge on any atom is 0.416 e. The van der Waals surface area contributed by atoms with Gasteiger partial charge in [0.1, 0.15) is 11.5 Å². The lowest BCUT2D eigenvalue weighted by molar-refractivity contribution is -0.138. The fraction of sp³-hybridized carbons (Fsp3) is 0.324. The Kier molecular flexibility index (Phi) is 9.96.